The van der Waals surface area contributed by atoms with Crippen LogP contribution >= 0.6 is 0 Å². The van der Waals surface area contributed by atoms with Crippen LogP contribution in [-0.2, 0) is 16.0 Å². The fraction of sp³-hybridized carbons (Fsp3) is 0.222. The van der Waals surface area contributed by atoms with Gasteiger partial charge in [0.1, 0.15) is 18.2 Å². The van der Waals surface area contributed by atoms with Gasteiger partial charge in [0.2, 0.25) is 5.52 Å². The number of fused-ring (bicyclic) bond motifs is 1. The predicted octanol–water partition coefficient (Wildman–Crippen LogP) is 4.19. The van der Waals surface area contributed by atoms with Gasteiger partial charge in [-0.1, -0.05) is 24.0 Å². The zero-order valence-electron chi connectivity index (χ0n) is 20.6. The second kappa shape index (κ2) is 13.0. The second-order valence-corrected chi connectivity index (χ2v) is 8.22. The van der Waals surface area contributed by atoms with E-state index in [4.69, 9.17) is 14.6 Å². The van der Waals surface area contributed by atoms with Gasteiger partial charge in [0, 0.05) is 30.2 Å². The van der Waals surface area contributed by atoms with Crippen LogP contribution in [0.15, 0.2) is 59.2 Å². The third kappa shape index (κ3) is 7.50. The number of aromatic nitrogens is 2. The van der Waals surface area contributed by atoms with E-state index in [9.17, 15) is 19.3 Å². The summed E-state index contributed by atoms with van der Waals surface area (Å²) in [5.41, 5.74) is 2.22. The Balaban J connectivity index is 1.20. The number of carbonyl (C=O) groups is 1. The zero-order chi connectivity index (χ0) is 27.6. The molecule has 3 aromatic carbocycles. The largest absolute Gasteiger partial charge is 0.491 e. The highest BCUT2D eigenvalue weighted by atomic mass is 19.1. The number of nitrogens with zero attached hydrogens (tertiary/aromatic N) is 3. The molecule has 12 heteroatoms. The smallest absolute Gasteiger partial charge is 0.303 e. The fourth-order valence-electron chi connectivity index (χ4n) is 3.60. The molecule has 0 atom stereocenters. The number of aryl methyl sites for hydroxylation is 1. The SMILES string of the molecule is O=C(O)CCc1ccc(C#Cc2cccc(OCCOCCNc3ccc([N+](=O)[O-])c4nonc34)c2)cc1F. The summed E-state index contributed by atoms with van der Waals surface area (Å²) in [5.74, 6) is 5.02. The first-order valence-electron chi connectivity index (χ1n) is 11.9. The van der Waals surface area contributed by atoms with E-state index < -0.39 is 16.7 Å². The van der Waals surface area contributed by atoms with Crippen molar-refractivity contribution < 1.29 is 33.3 Å². The third-order valence-electron chi connectivity index (χ3n) is 5.50. The van der Waals surface area contributed by atoms with Gasteiger partial charge in [0.15, 0.2) is 5.52 Å². The molecule has 0 aliphatic carbocycles. The van der Waals surface area contributed by atoms with Crippen molar-refractivity contribution in [2.24, 2.45) is 0 Å². The number of hydrogen-bond acceptors (Lipinski definition) is 9. The van der Waals surface area contributed by atoms with Crippen LogP contribution in [0, 0.1) is 27.8 Å². The number of anilines is 1. The fourth-order valence-corrected chi connectivity index (χ4v) is 3.60. The van der Waals surface area contributed by atoms with Gasteiger partial charge in [-0.25, -0.2) is 9.02 Å². The highest BCUT2D eigenvalue weighted by Gasteiger charge is 2.19. The Morgan fingerprint density at radius 1 is 1.05 bits per heavy atom. The number of carboxylic acid groups (broad SMARTS) is 1. The van der Waals surface area contributed by atoms with Crippen molar-refractivity contribution in [3.05, 3.63) is 87.2 Å². The van der Waals surface area contributed by atoms with Gasteiger partial charge in [-0.15, -0.1) is 0 Å². The lowest BCUT2D eigenvalue weighted by atomic mass is 10.1. The summed E-state index contributed by atoms with van der Waals surface area (Å²) in [6.07, 6.45) is -0.0119. The average Bonchev–Trinajstić information content (AvgIpc) is 3.41. The van der Waals surface area contributed by atoms with Gasteiger partial charge in [0.05, 0.1) is 23.8 Å². The number of non-ortho nitro benzene ring substituents is 1. The van der Waals surface area contributed by atoms with Crippen LogP contribution in [0.25, 0.3) is 11.0 Å². The monoisotopic (exact) mass is 534 g/mol. The Morgan fingerprint density at radius 3 is 2.62 bits per heavy atom. The molecular weight excluding hydrogens is 511 g/mol. The topological polar surface area (TPSA) is 150 Å². The van der Waals surface area contributed by atoms with Crippen molar-refractivity contribution in [2.45, 2.75) is 12.8 Å². The van der Waals surface area contributed by atoms with Crippen molar-refractivity contribution in [1.82, 2.24) is 10.3 Å². The quantitative estimate of drug-likeness (QED) is 0.117. The standard InChI is InChI=1S/C27H23FN4O7/c28-22-17-19(6-7-20(22)8-11-25(33)34)5-4-18-2-1-3-21(16-18)38-15-14-37-13-12-29-23-9-10-24(32(35)36)27-26(23)30-39-31-27/h1-3,6-7,9-10,16-17,29H,8,11-15H2,(H,33,34). The molecule has 200 valence electrons. The molecule has 1 aromatic heterocycles. The molecule has 11 nitrogen and oxygen atoms in total. The molecule has 0 radical (unpaired) electrons. The summed E-state index contributed by atoms with van der Waals surface area (Å²) in [7, 11) is 0. The molecule has 0 aliphatic rings. The van der Waals surface area contributed by atoms with Crippen molar-refractivity contribution in [2.75, 3.05) is 31.7 Å². The molecule has 0 unspecified atom stereocenters. The first-order valence-corrected chi connectivity index (χ1v) is 11.9. The minimum Gasteiger partial charge on any atom is -0.491 e. The number of nitro benzene ring substituents is 1. The van der Waals surface area contributed by atoms with Crippen molar-refractivity contribution >= 4 is 28.4 Å². The third-order valence-corrected chi connectivity index (χ3v) is 5.50. The van der Waals surface area contributed by atoms with Crippen LogP contribution in [0.3, 0.4) is 0 Å². The molecule has 1 heterocycles. The molecule has 0 spiro atoms. The number of aliphatic carboxylic acids is 1. The van der Waals surface area contributed by atoms with Gasteiger partial charge in [-0.05, 0) is 58.7 Å². The molecule has 39 heavy (non-hydrogen) atoms. The normalized spacial score (nSPS) is 10.6. The summed E-state index contributed by atoms with van der Waals surface area (Å²) in [5, 5.41) is 30.2. The molecular formula is C27H23FN4O7. The Hall–Kier alpha value is -5.02. The van der Waals surface area contributed by atoms with Crippen LogP contribution in [0.2, 0.25) is 0 Å². The van der Waals surface area contributed by atoms with E-state index in [1.807, 2.05) is 0 Å². The van der Waals surface area contributed by atoms with E-state index in [-0.39, 0.29) is 29.6 Å². The number of ether oxygens (including phenoxy) is 2. The Morgan fingerprint density at radius 2 is 1.85 bits per heavy atom. The average molecular weight is 535 g/mol. The van der Waals surface area contributed by atoms with Crippen LogP contribution in [0.1, 0.15) is 23.1 Å². The number of rotatable bonds is 12. The van der Waals surface area contributed by atoms with E-state index in [1.54, 1.807) is 36.4 Å². The summed E-state index contributed by atoms with van der Waals surface area (Å²) >= 11 is 0. The Kier molecular flexibility index (Phi) is 8.99. The minimum absolute atomic E-state index is 0.0734. The number of benzene rings is 3. The minimum atomic E-state index is -0.976. The van der Waals surface area contributed by atoms with Crippen molar-refractivity contribution in [3.8, 4) is 17.6 Å². The van der Waals surface area contributed by atoms with Gasteiger partial charge >= 0.3 is 11.7 Å². The summed E-state index contributed by atoms with van der Waals surface area (Å²) in [4.78, 5) is 21.2. The Labute approximate surface area is 221 Å². The van der Waals surface area contributed by atoms with E-state index in [2.05, 4.69) is 32.1 Å². The second-order valence-electron chi connectivity index (χ2n) is 8.22. The van der Waals surface area contributed by atoms with Crippen molar-refractivity contribution in [3.63, 3.8) is 0 Å². The first kappa shape index (κ1) is 27.0. The Bertz CT molecular complexity index is 1540. The highest BCUT2D eigenvalue weighted by Crippen LogP contribution is 2.28. The summed E-state index contributed by atoms with van der Waals surface area (Å²) in [6.45, 7) is 1.40. The molecule has 2 N–H and O–H groups in total. The van der Waals surface area contributed by atoms with Crippen LogP contribution in [0.4, 0.5) is 15.8 Å². The maximum atomic E-state index is 14.2. The van der Waals surface area contributed by atoms with Crippen LogP contribution < -0.4 is 10.1 Å². The van der Waals surface area contributed by atoms with Crippen LogP contribution in [-0.4, -0.2) is 52.7 Å². The number of halogens is 1. The van der Waals surface area contributed by atoms with Gasteiger partial charge in [-0.3, -0.25) is 14.9 Å². The molecule has 4 rings (SSSR count). The highest BCUT2D eigenvalue weighted by molar-refractivity contribution is 5.93. The lowest BCUT2D eigenvalue weighted by Crippen LogP contribution is -2.13. The summed E-state index contributed by atoms with van der Waals surface area (Å²) in [6, 6.07) is 14.5. The first-order chi connectivity index (χ1) is 18.9. The number of carboxylic acids is 1. The van der Waals surface area contributed by atoms with Crippen LogP contribution in [0.5, 0.6) is 5.75 Å². The van der Waals surface area contributed by atoms with E-state index in [1.165, 1.54) is 18.2 Å². The number of hydrogen-bond donors (Lipinski definition) is 2. The molecule has 0 amide bonds. The summed E-state index contributed by atoms with van der Waals surface area (Å²) < 4.78 is 30.1. The van der Waals surface area contributed by atoms with Gasteiger partial charge < -0.3 is 19.9 Å². The number of nitrogens with one attached hydrogen (secondary N) is 1. The lowest BCUT2D eigenvalue weighted by molar-refractivity contribution is -0.383. The molecule has 4 aromatic rings. The number of nitro groups is 1. The molecule has 0 saturated heterocycles. The maximum Gasteiger partial charge on any atom is 0.303 e. The predicted molar refractivity (Wildman–Crippen MR) is 138 cm³/mol. The van der Waals surface area contributed by atoms with E-state index in [0.717, 1.165) is 0 Å². The molecule has 0 aliphatic heterocycles. The lowest BCUT2D eigenvalue weighted by Gasteiger charge is -2.09. The molecule has 0 bridgehead atoms. The van der Waals surface area contributed by atoms with Gasteiger partial charge in [0.25, 0.3) is 0 Å². The molecule has 0 saturated carbocycles. The zero-order valence-corrected chi connectivity index (χ0v) is 20.6. The van der Waals surface area contributed by atoms with Gasteiger partial charge in [-0.2, -0.15) is 0 Å². The van der Waals surface area contributed by atoms with E-state index >= 15 is 0 Å². The maximum absolute atomic E-state index is 14.2. The van der Waals surface area contributed by atoms with Crippen molar-refractivity contribution in [1.29, 1.82) is 0 Å². The molecule has 0 fully saturated rings. The van der Waals surface area contributed by atoms with E-state index in [0.29, 0.717) is 54.5 Å².